The molecule has 0 saturated heterocycles. The molecule has 0 spiro atoms. The monoisotopic (exact) mass is 300 g/mol. The molecule has 1 atom stereocenters. The highest BCUT2D eigenvalue weighted by Crippen LogP contribution is 2.21. The zero-order valence-corrected chi connectivity index (χ0v) is 13.8. The van der Waals surface area contributed by atoms with Crippen LogP contribution in [0.4, 0.5) is 0 Å². The van der Waals surface area contributed by atoms with Crippen LogP contribution < -0.4 is 11.3 Å². The number of thioether (sulfide) groups is 1. The summed E-state index contributed by atoms with van der Waals surface area (Å²) in [6.45, 7) is 6.41. The van der Waals surface area contributed by atoms with Crippen molar-refractivity contribution in [1.29, 1.82) is 0 Å². The molecule has 0 aliphatic heterocycles. The Morgan fingerprint density at radius 1 is 1.00 bits per heavy atom. The SMILES string of the molecule is Cc1ccc(SCC(Cc2cc(C)ccc2C)NN)cc1. The van der Waals surface area contributed by atoms with Crippen LogP contribution in [0.3, 0.4) is 0 Å². The van der Waals surface area contributed by atoms with Crippen LogP contribution in [0.1, 0.15) is 22.3 Å². The maximum absolute atomic E-state index is 5.73. The Morgan fingerprint density at radius 2 is 1.67 bits per heavy atom. The number of hydrogen-bond acceptors (Lipinski definition) is 3. The van der Waals surface area contributed by atoms with E-state index < -0.39 is 0 Å². The van der Waals surface area contributed by atoms with Crippen LogP contribution in [0.2, 0.25) is 0 Å². The van der Waals surface area contributed by atoms with E-state index in [4.69, 9.17) is 5.84 Å². The Balaban J connectivity index is 1.96. The van der Waals surface area contributed by atoms with Crippen molar-refractivity contribution in [2.45, 2.75) is 38.1 Å². The molecule has 1 unspecified atom stereocenters. The summed E-state index contributed by atoms with van der Waals surface area (Å²) in [6.07, 6.45) is 0.961. The lowest BCUT2D eigenvalue weighted by Gasteiger charge is -2.17. The Kier molecular flexibility index (Phi) is 5.85. The first-order valence-corrected chi connectivity index (χ1v) is 8.29. The zero-order valence-electron chi connectivity index (χ0n) is 13.0. The van der Waals surface area contributed by atoms with Gasteiger partial charge in [0, 0.05) is 16.7 Å². The molecular weight excluding hydrogens is 276 g/mol. The third-order valence-electron chi connectivity index (χ3n) is 3.68. The molecule has 2 rings (SSSR count). The van der Waals surface area contributed by atoms with E-state index in [1.807, 2.05) is 11.8 Å². The number of hydrogen-bond donors (Lipinski definition) is 2. The fourth-order valence-electron chi connectivity index (χ4n) is 2.28. The number of rotatable bonds is 6. The average molecular weight is 300 g/mol. The van der Waals surface area contributed by atoms with Gasteiger partial charge in [-0.05, 0) is 50.5 Å². The van der Waals surface area contributed by atoms with Crippen molar-refractivity contribution in [1.82, 2.24) is 5.43 Å². The summed E-state index contributed by atoms with van der Waals surface area (Å²) in [6, 6.07) is 15.5. The minimum atomic E-state index is 0.275. The van der Waals surface area contributed by atoms with Crippen LogP contribution in [0.5, 0.6) is 0 Å². The highest BCUT2D eigenvalue weighted by Gasteiger charge is 2.10. The third kappa shape index (κ3) is 4.88. The fraction of sp³-hybridized carbons (Fsp3) is 0.333. The fourth-order valence-corrected chi connectivity index (χ4v) is 3.22. The van der Waals surface area contributed by atoms with Gasteiger partial charge < -0.3 is 0 Å². The largest absolute Gasteiger partial charge is 0.271 e. The second kappa shape index (κ2) is 7.64. The summed E-state index contributed by atoms with van der Waals surface area (Å²) in [7, 11) is 0. The van der Waals surface area contributed by atoms with E-state index in [1.54, 1.807) is 0 Å². The number of aryl methyl sites for hydroxylation is 3. The van der Waals surface area contributed by atoms with Crippen LogP contribution in [-0.2, 0) is 6.42 Å². The standard InChI is InChI=1S/C18H24N2S/c1-13-5-8-18(9-6-13)21-12-17(20-19)11-16-10-14(2)4-7-15(16)3/h4-10,17,20H,11-12,19H2,1-3H3. The molecule has 0 aliphatic carbocycles. The van der Waals surface area contributed by atoms with Gasteiger partial charge in [0.2, 0.25) is 0 Å². The molecule has 3 heteroatoms. The second-order valence-electron chi connectivity index (χ2n) is 5.62. The van der Waals surface area contributed by atoms with Gasteiger partial charge in [0.05, 0.1) is 0 Å². The highest BCUT2D eigenvalue weighted by atomic mass is 32.2. The van der Waals surface area contributed by atoms with Gasteiger partial charge in [-0.3, -0.25) is 11.3 Å². The van der Waals surface area contributed by atoms with Gasteiger partial charge in [-0.15, -0.1) is 11.8 Å². The molecule has 2 aromatic rings. The molecule has 2 nitrogen and oxygen atoms in total. The molecular formula is C18H24N2S. The van der Waals surface area contributed by atoms with Crippen molar-refractivity contribution >= 4 is 11.8 Å². The van der Waals surface area contributed by atoms with Crippen LogP contribution >= 0.6 is 11.8 Å². The molecule has 0 saturated carbocycles. The average Bonchev–Trinajstić information content (AvgIpc) is 2.48. The summed E-state index contributed by atoms with van der Waals surface area (Å²) in [5.74, 6) is 6.70. The molecule has 0 aromatic heterocycles. The zero-order chi connectivity index (χ0) is 15.2. The lowest BCUT2D eigenvalue weighted by Crippen LogP contribution is -2.38. The molecule has 0 aliphatic rings. The van der Waals surface area contributed by atoms with Gasteiger partial charge in [0.15, 0.2) is 0 Å². The lowest BCUT2D eigenvalue weighted by molar-refractivity contribution is 0.574. The number of nitrogens with two attached hydrogens (primary N) is 1. The van der Waals surface area contributed by atoms with Crippen LogP contribution in [-0.4, -0.2) is 11.8 Å². The summed E-state index contributed by atoms with van der Waals surface area (Å²) >= 11 is 1.85. The van der Waals surface area contributed by atoms with Crippen molar-refractivity contribution in [3.8, 4) is 0 Å². The summed E-state index contributed by atoms with van der Waals surface area (Å²) < 4.78 is 0. The van der Waals surface area contributed by atoms with E-state index in [2.05, 4.69) is 68.7 Å². The third-order valence-corrected chi connectivity index (χ3v) is 4.85. The van der Waals surface area contributed by atoms with Crippen molar-refractivity contribution in [3.05, 3.63) is 64.7 Å². The van der Waals surface area contributed by atoms with E-state index >= 15 is 0 Å². The first-order chi connectivity index (χ1) is 10.1. The van der Waals surface area contributed by atoms with Gasteiger partial charge in [0.25, 0.3) is 0 Å². The maximum Gasteiger partial charge on any atom is 0.0345 e. The molecule has 0 fully saturated rings. The quantitative estimate of drug-likeness (QED) is 0.484. The number of nitrogens with one attached hydrogen (secondary N) is 1. The molecule has 112 valence electrons. The minimum absolute atomic E-state index is 0.275. The molecule has 2 aromatic carbocycles. The van der Waals surface area contributed by atoms with Gasteiger partial charge in [-0.2, -0.15) is 0 Å². The molecule has 0 radical (unpaired) electrons. The molecule has 0 bridgehead atoms. The van der Waals surface area contributed by atoms with Gasteiger partial charge in [-0.25, -0.2) is 0 Å². The van der Waals surface area contributed by atoms with Gasteiger partial charge >= 0.3 is 0 Å². The Hall–Kier alpha value is -1.29. The van der Waals surface area contributed by atoms with Crippen LogP contribution in [0.25, 0.3) is 0 Å². The van der Waals surface area contributed by atoms with Gasteiger partial charge in [-0.1, -0.05) is 41.5 Å². The van der Waals surface area contributed by atoms with E-state index in [0.29, 0.717) is 0 Å². The molecule has 3 N–H and O–H groups in total. The van der Waals surface area contributed by atoms with E-state index in [-0.39, 0.29) is 6.04 Å². The van der Waals surface area contributed by atoms with Crippen molar-refractivity contribution in [3.63, 3.8) is 0 Å². The summed E-state index contributed by atoms with van der Waals surface area (Å²) in [5, 5.41) is 0. The minimum Gasteiger partial charge on any atom is -0.271 e. The van der Waals surface area contributed by atoms with Crippen LogP contribution in [0, 0.1) is 20.8 Å². The Labute approximate surface area is 132 Å². The lowest BCUT2D eigenvalue weighted by atomic mass is 10.00. The van der Waals surface area contributed by atoms with Crippen LogP contribution in [0.15, 0.2) is 47.4 Å². The first kappa shape index (κ1) is 16.1. The molecule has 0 heterocycles. The molecule has 0 amide bonds. The smallest absolute Gasteiger partial charge is 0.0345 e. The predicted octanol–water partition coefficient (Wildman–Crippen LogP) is 3.78. The first-order valence-electron chi connectivity index (χ1n) is 7.30. The van der Waals surface area contributed by atoms with E-state index in [0.717, 1.165) is 12.2 Å². The number of benzene rings is 2. The Morgan fingerprint density at radius 3 is 2.33 bits per heavy atom. The second-order valence-corrected chi connectivity index (χ2v) is 6.72. The maximum atomic E-state index is 5.73. The predicted molar refractivity (Wildman–Crippen MR) is 92.6 cm³/mol. The topological polar surface area (TPSA) is 38.0 Å². The molecule has 21 heavy (non-hydrogen) atoms. The number of hydrazine groups is 1. The summed E-state index contributed by atoms with van der Waals surface area (Å²) in [4.78, 5) is 1.29. The normalized spacial score (nSPS) is 12.4. The van der Waals surface area contributed by atoms with Crippen molar-refractivity contribution in [2.24, 2.45) is 5.84 Å². The van der Waals surface area contributed by atoms with E-state index in [9.17, 15) is 0 Å². The van der Waals surface area contributed by atoms with E-state index in [1.165, 1.54) is 27.1 Å². The highest BCUT2D eigenvalue weighted by molar-refractivity contribution is 7.99. The van der Waals surface area contributed by atoms with Crippen molar-refractivity contribution < 1.29 is 0 Å². The van der Waals surface area contributed by atoms with Crippen molar-refractivity contribution in [2.75, 3.05) is 5.75 Å². The Bertz CT molecular complexity index is 578. The van der Waals surface area contributed by atoms with Gasteiger partial charge in [0.1, 0.15) is 0 Å². The summed E-state index contributed by atoms with van der Waals surface area (Å²) in [5.41, 5.74) is 8.27.